The van der Waals surface area contributed by atoms with E-state index in [4.69, 9.17) is 5.73 Å². The van der Waals surface area contributed by atoms with Crippen LogP contribution in [0.15, 0.2) is 24.3 Å². The fraction of sp³-hybridized carbons (Fsp3) is 0.538. The van der Waals surface area contributed by atoms with Crippen molar-refractivity contribution >= 4 is 5.69 Å². The summed E-state index contributed by atoms with van der Waals surface area (Å²) in [6.07, 6.45) is 6.54. The van der Waals surface area contributed by atoms with Gasteiger partial charge in [-0.15, -0.1) is 0 Å². The number of hydrogen-bond donors (Lipinski definition) is 2. The van der Waals surface area contributed by atoms with E-state index in [0.717, 1.165) is 24.7 Å². The third-order valence-electron chi connectivity index (χ3n) is 3.16. The zero-order valence-corrected chi connectivity index (χ0v) is 9.21. The van der Waals surface area contributed by atoms with Crippen molar-refractivity contribution in [2.24, 2.45) is 0 Å². The van der Waals surface area contributed by atoms with Gasteiger partial charge in [-0.05, 0) is 49.9 Å². The Morgan fingerprint density at radius 2 is 1.93 bits per heavy atom. The average Bonchev–Trinajstić information content (AvgIpc) is 2.18. The highest BCUT2D eigenvalue weighted by Gasteiger charge is 2.15. The minimum absolute atomic E-state index is 0.816. The van der Waals surface area contributed by atoms with Crippen LogP contribution in [0.2, 0.25) is 0 Å². The highest BCUT2D eigenvalue weighted by molar-refractivity contribution is 5.39. The highest BCUT2D eigenvalue weighted by atomic mass is 14.9. The summed E-state index contributed by atoms with van der Waals surface area (Å²) in [6, 6.07) is 9.03. The van der Waals surface area contributed by atoms with Crippen LogP contribution in [-0.4, -0.2) is 12.6 Å². The maximum Gasteiger partial charge on any atom is 0.0314 e. The van der Waals surface area contributed by atoms with Crippen LogP contribution < -0.4 is 11.1 Å². The summed E-state index contributed by atoms with van der Waals surface area (Å²) < 4.78 is 0. The molecule has 82 valence electrons. The number of rotatable bonds is 5. The van der Waals surface area contributed by atoms with Gasteiger partial charge in [0, 0.05) is 11.7 Å². The number of nitrogens with two attached hydrogens (primary N) is 1. The first-order valence-electron chi connectivity index (χ1n) is 5.92. The summed E-state index contributed by atoms with van der Waals surface area (Å²) in [5.74, 6) is 0. The Labute approximate surface area is 91.9 Å². The molecule has 1 aromatic rings. The Kier molecular flexibility index (Phi) is 3.62. The van der Waals surface area contributed by atoms with Crippen molar-refractivity contribution < 1.29 is 0 Å². The Morgan fingerprint density at radius 3 is 2.53 bits per heavy atom. The molecule has 2 nitrogen and oxygen atoms in total. The molecule has 0 amide bonds. The molecule has 0 aliphatic heterocycles. The fourth-order valence-electron chi connectivity index (χ4n) is 1.90. The van der Waals surface area contributed by atoms with Crippen molar-refractivity contribution in [2.45, 2.75) is 38.1 Å². The monoisotopic (exact) mass is 204 g/mol. The van der Waals surface area contributed by atoms with Crippen molar-refractivity contribution in [1.82, 2.24) is 5.32 Å². The molecular formula is C13H20N2. The first-order valence-corrected chi connectivity index (χ1v) is 5.92. The van der Waals surface area contributed by atoms with Crippen LogP contribution in [-0.2, 0) is 6.42 Å². The van der Waals surface area contributed by atoms with Gasteiger partial charge in [0.2, 0.25) is 0 Å². The van der Waals surface area contributed by atoms with Crippen molar-refractivity contribution in [3.8, 4) is 0 Å². The lowest BCUT2D eigenvalue weighted by molar-refractivity contribution is 0.339. The van der Waals surface area contributed by atoms with E-state index in [1.807, 2.05) is 12.1 Å². The fourth-order valence-corrected chi connectivity index (χ4v) is 1.90. The lowest BCUT2D eigenvalue weighted by Crippen LogP contribution is -2.35. The van der Waals surface area contributed by atoms with Crippen LogP contribution >= 0.6 is 0 Å². The first-order chi connectivity index (χ1) is 7.34. The molecule has 0 unspecified atom stereocenters. The van der Waals surface area contributed by atoms with Gasteiger partial charge in [0.1, 0.15) is 0 Å². The summed E-state index contributed by atoms with van der Waals surface area (Å²) in [5, 5.41) is 3.58. The van der Waals surface area contributed by atoms with Crippen LogP contribution in [0.5, 0.6) is 0 Å². The Hall–Kier alpha value is -1.02. The normalized spacial score (nSPS) is 16.3. The van der Waals surface area contributed by atoms with Gasteiger partial charge in [-0.3, -0.25) is 0 Å². The highest BCUT2D eigenvalue weighted by Crippen LogP contribution is 2.17. The smallest absolute Gasteiger partial charge is 0.0314 e. The van der Waals surface area contributed by atoms with Crippen molar-refractivity contribution in [2.75, 3.05) is 12.3 Å². The van der Waals surface area contributed by atoms with Crippen molar-refractivity contribution in [1.29, 1.82) is 0 Å². The van der Waals surface area contributed by atoms with Crippen LogP contribution in [0.1, 0.15) is 31.2 Å². The molecule has 0 bridgehead atoms. The van der Waals surface area contributed by atoms with Gasteiger partial charge in [0.25, 0.3) is 0 Å². The van der Waals surface area contributed by atoms with Gasteiger partial charge in [-0.1, -0.05) is 18.6 Å². The van der Waals surface area contributed by atoms with Gasteiger partial charge in [-0.25, -0.2) is 0 Å². The molecule has 0 atom stereocenters. The van der Waals surface area contributed by atoms with E-state index < -0.39 is 0 Å². The maximum atomic E-state index is 5.63. The standard InChI is InChI=1S/C13H20N2/c14-12-8-6-11(7-9-12)3-2-10-15-13-4-1-5-13/h6-9,13,15H,1-5,10,14H2. The number of nitrogens with one attached hydrogen (secondary N) is 1. The minimum atomic E-state index is 0.816. The quantitative estimate of drug-likeness (QED) is 0.570. The minimum Gasteiger partial charge on any atom is -0.399 e. The van der Waals surface area contributed by atoms with Crippen LogP contribution in [0.25, 0.3) is 0 Å². The van der Waals surface area contributed by atoms with E-state index in [9.17, 15) is 0 Å². The number of aryl methyl sites for hydroxylation is 1. The van der Waals surface area contributed by atoms with Gasteiger partial charge in [0.15, 0.2) is 0 Å². The van der Waals surface area contributed by atoms with E-state index in [1.165, 1.54) is 31.2 Å². The molecule has 0 aromatic heterocycles. The molecule has 1 aliphatic rings. The summed E-state index contributed by atoms with van der Waals surface area (Å²) in [6.45, 7) is 1.15. The van der Waals surface area contributed by atoms with E-state index in [2.05, 4.69) is 17.4 Å². The van der Waals surface area contributed by atoms with Crippen molar-refractivity contribution in [3.05, 3.63) is 29.8 Å². The van der Waals surface area contributed by atoms with Crippen LogP contribution in [0.4, 0.5) is 5.69 Å². The molecule has 0 radical (unpaired) electrons. The van der Waals surface area contributed by atoms with Crippen LogP contribution in [0.3, 0.4) is 0 Å². The van der Waals surface area contributed by atoms with Gasteiger partial charge < -0.3 is 11.1 Å². The predicted molar refractivity (Wildman–Crippen MR) is 64.8 cm³/mol. The second kappa shape index (κ2) is 5.17. The number of hydrogen-bond acceptors (Lipinski definition) is 2. The van der Waals surface area contributed by atoms with E-state index in [0.29, 0.717) is 0 Å². The number of nitrogen functional groups attached to an aromatic ring is 1. The van der Waals surface area contributed by atoms with E-state index in [-0.39, 0.29) is 0 Å². The molecule has 1 aliphatic carbocycles. The third-order valence-corrected chi connectivity index (χ3v) is 3.16. The zero-order valence-electron chi connectivity index (χ0n) is 9.21. The van der Waals surface area contributed by atoms with Gasteiger partial charge in [-0.2, -0.15) is 0 Å². The molecule has 3 N–H and O–H groups in total. The second-order valence-corrected chi connectivity index (χ2v) is 4.43. The molecule has 1 fully saturated rings. The lowest BCUT2D eigenvalue weighted by Gasteiger charge is -2.26. The summed E-state index contributed by atoms with van der Waals surface area (Å²) in [4.78, 5) is 0. The molecule has 0 heterocycles. The van der Waals surface area contributed by atoms with Crippen molar-refractivity contribution in [3.63, 3.8) is 0 Å². The molecule has 1 aromatic carbocycles. The molecule has 0 spiro atoms. The zero-order chi connectivity index (χ0) is 10.5. The molecule has 2 rings (SSSR count). The molecular weight excluding hydrogens is 184 g/mol. The molecule has 1 saturated carbocycles. The Bertz CT molecular complexity index is 288. The largest absolute Gasteiger partial charge is 0.399 e. The molecule has 15 heavy (non-hydrogen) atoms. The molecule has 2 heteroatoms. The topological polar surface area (TPSA) is 38.0 Å². The summed E-state index contributed by atoms with van der Waals surface area (Å²) in [5.41, 5.74) is 7.88. The van der Waals surface area contributed by atoms with Gasteiger partial charge in [0.05, 0.1) is 0 Å². The molecule has 0 saturated heterocycles. The third kappa shape index (κ3) is 3.24. The number of benzene rings is 1. The lowest BCUT2D eigenvalue weighted by atomic mass is 9.93. The van der Waals surface area contributed by atoms with Crippen LogP contribution in [0, 0.1) is 0 Å². The van der Waals surface area contributed by atoms with E-state index in [1.54, 1.807) is 0 Å². The summed E-state index contributed by atoms with van der Waals surface area (Å²) >= 11 is 0. The van der Waals surface area contributed by atoms with E-state index >= 15 is 0 Å². The second-order valence-electron chi connectivity index (χ2n) is 4.43. The SMILES string of the molecule is Nc1ccc(CCCNC2CCC2)cc1. The average molecular weight is 204 g/mol. The summed E-state index contributed by atoms with van der Waals surface area (Å²) in [7, 11) is 0. The first kappa shape index (κ1) is 10.5. The van der Waals surface area contributed by atoms with Gasteiger partial charge >= 0.3 is 0 Å². The Balaban J connectivity index is 1.62. The number of anilines is 1. The predicted octanol–water partition coefficient (Wildman–Crippen LogP) is 2.34. The maximum absolute atomic E-state index is 5.63. The Morgan fingerprint density at radius 1 is 1.20 bits per heavy atom.